The van der Waals surface area contributed by atoms with Gasteiger partial charge in [-0.2, -0.15) is 0 Å². The normalized spacial score (nSPS) is 10.4. The van der Waals surface area contributed by atoms with Crippen molar-refractivity contribution in [3.05, 3.63) is 42.0 Å². The molecule has 2 aromatic rings. The van der Waals surface area contributed by atoms with Gasteiger partial charge in [0.15, 0.2) is 0 Å². The molecule has 0 saturated carbocycles. The van der Waals surface area contributed by atoms with E-state index >= 15 is 0 Å². The Bertz CT molecular complexity index is 491. The molecule has 1 N–H and O–H groups in total. The molecule has 0 aliphatic heterocycles. The number of para-hydroxylation sites is 1. The van der Waals surface area contributed by atoms with Gasteiger partial charge >= 0.3 is 0 Å². The predicted octanol–water partition coefficient (Wildman–Crippen LogP) is 3.09. The van der Waals surface area contributed by atoms with Crippen LogP contribution in [0.1, 0.15) is 12.6 Å². The monoisotopic (exact) mass is 219 g/mol. The maximum atomic E-state index is 13.4. The second kappa shape index (κ2) is 4.35. The highest BCUT2D eigenvalue weighted by atomic mass is 19.1. The third kappa shape index (κ3) is 2.05. The Balaban J connectivity index is 2.30. The van der Waals surface area contributed by atoms with E-state index in [2.05, 4.69) is 10.3 Å². The van der Waals surface area contributed by atoms with Crippen LogP contribution in [0.4, 0.5) is 16.0 Å². The molecule has 0 atom stereocenters. The van der Waals surface area contributed by atoms with Crippen LogP contribution in [0, 0.1) is 12.7 Å². The van der Waals surface area contributed by atoms with Gasteiger partial charge in [-0.1, -0.05) is 12.1 Å². The third-order valence-electron chi connectivity index (χ3n) is 2.36. The van der Waals surface area contributed by atoms with Crippen molar-refractivity contribution in [1.29, 1.82) is 0 Å². The number of rotatable bonds is 3. The minimum atomic E-state index is -0.272. The zero-order chi connectivity index (χ0) is 11.5. The molecule has 0 spiro atoms. The molecule has 0 unspecified atom stereocenters. The van der Waals surface area contributed by atoms with Crippen LogP contribution in [0.2, 0.25) is 0 Å². The second-order valence-electron chi connectivity index (χ2n) is 3.60. The number of nitrogens with one attached hydrogen (secondary N) is 1. The van der Waals surface area contributed by atoms with Gasteiger partial charge in [0, 0.05) is 12.7 Å². The zero-order valence-electron chi connectivity index (χ0n) is 9.37. The molecule has 84 valence electrons. The molecule has 4 heteroatoms. The highest BCUT2D eigenvalue weighted by Crippen LogP contribution is 2.19. The van der Waals surface area contributed by atoms with Crippen LogP contribution >= 0.6 is 0 Å². The Morgan fingerprint density at radius 3 is 2.81 bits per heavy atom. The number of hydrogen-bond acceptors (Lipinski definition) is 2. The maximum Gasteiger partial charge on any atom is 0.207 e. The Morgan fingerprint density at radius 1 is 1.38 bits per heavy atom. The SMILES string of the molecule is CCn1cc(C)nc1Nc1ccccc1F. The van der Waals surface area contributed by atoms with E-state index in [1.54, 1.807) is 18.2 Å². The van der Waals surface area contributed by atoms with Crippen molar-refractivity contribution < 1.29 is 4.39 Å². The predicted molar refractivity (Wildman–Crippen MR) is 62.3 cm³/mol. The molecule has 0 aliphatic carbocycles. The summed E-state index contributed by atoms with van der Waals surface area (Å²) >= 11 is 0. The number of imidazole rings is 1. The number of aryl methyl sites for hydroxylation is 2. The molecule has 2 rings (SSSR count). The van der Waals surface area contributed by atoms with Crippen LogP contribution in [-0.4, -0.2) is 9.55 Å². The first-order chi connectivity index (χ1) is 7.70. The van der Waals surface area contributed by atoms with Crippen molar-refractivity contribution in [2.24, 2.45) is 0 Å². The quantitative estimate of drug-likeness (QED) is 0.859. The third-order valence-corrected chi connectivity index (χ3v) is 2.36. The molecule has 0 fully saturated rings. The standard InChI is InChI=1S/C12H14FN3/c1-3-16-8-9(2)14-12(16)15-11-7-5-4-6-10(11)13/h4-8H,3H2,1-2H3,(H,14,15). The average Bonchev–Trinajstić information content (AvgIpc) is 2.62. The number of anilines is 2. The molecule has 0 bridgehead atoms. The first-order valence-electron chi connectivity index (χ1n) is 5.26. The van der Waals surface area contributed by atoms with E-state index in [9.17, 15) is 4.39 Å². The van der Waals surface area contributed by atoms with Crippen LogP contribution in [0.5, 0.6) is 0 Å². The lowest BCUT2D eigenvalue weighted by Gasteiger charge is -2.08. The fourth-order valence-electron chi connectivity index (χ4n) is 1.57. The van der Waals surface area contributed by atoms with Crippen molar-refractivity contribution >= 4 is 11.6 Å². The summed E-state index contributed by atoms with van der Waals surface area (Å²) in [4.78, 5) is 4.30. The van der Waals surface area contributed by atoms with Crippen LogP contribution < -0.4 is 5.32 Å². The molecule has 1 heterocycles. The summed E-state index contributed by atoms with van der Waals surface area (Å²) in [6.07, 6.45) is 1.93. The van der Waals surface area contributed by atoms with E-state index in [-0.39, 0.29) is 5.82 Å². The highest BCUT2D eigenvalue weighted by Gasteiger charge is 2.06. The summed E-state index contributed by atoms with van der Waals surface area (Å²) < 4.78 is 15.4. The van der Waals surface area contributed by atoms with Crippen LogP contribution in [0.25, 0.3) is 0 Å². The smallest absolute Gasteiger partial charge is 0.207 e. The summed E-state index contributed by atoms with van der Waals surface area (Å²) in [5.74, 6) is 0.399. The number of halogens is 1. The van der Waals surface area contributed by atoms with Gasteiger partial charge in [0.1, 0.15) is 5.82 Å². The number of aromatic nitrogens is 2. The molecular formula is C12H14FN3. The molecule has 1 aromatic carbocycles. The summed E-state index contributed by atoms with van der Waals surface area (Å²) in [6, 6.07) is 6.57. The van der Waals surface area contributed by atoms with E-state index in [0.717, 1.165) is 12.2 Å². The minimum absolute atomic E-state index is 0.272. The zero-order valence-corrected chi connectivity index (χ0v) is 9.37. The Labute approximate surface area is 93.9 Å². The van der Waals surface area contributed by atoms with Crippen molar-refractivity contribution in [2.45, 2.75) is 20.4 Å². The summed E-state index contributed by atoms with van der Waals surface area (Å²) in [5.41, 5.74) is 1.36. The van der Waals surface area contributed by atoms with Crippen molar-refractivity contribution in [2.75, 3.05) is 5.32 Å². The fraction of sp³-hybridized carbons (Fsp3) is 0.250. The van der Waals surface area contributed by atoms with Crippen molar-refractivity contribution in [3.63, 3.8) is 0 Å². The summed E-state index contributed by atoms with van der Waals surface area (Å²) in [5, 5.41) is 2.99. The first kappa shape index (κ1) is 10.7. The van der Waals surface area contributed by atoms with Gasteiger partial charge < -0.3 is 9.88 Å². The Morgan fingerprint density at radius 2 is 2.12 bits per heavy atom. The van der Waals surface area contributed by atoms with Crippen LogP contribution in [0.3, 0.4) is 0 Å². The van der Waals surface area contributed by atoms with E-state index in [0.29, 0.717) is 11.6 Å². The second-order valence-corrected chi connectivity index (χ2v) is 3.60. The number of hydrogen-bond donors (Lipinski definition) is 1. The minimum Gasteiger partial charge on any atom is -0.323 e. The molecular weight excluding hydrogens is 205 g/mol. The van der Waals surface area contributed by atoms with E-state index < -0.39 is 0 Å². The molecule has 16 heavy (non-hydrogen) atoms. The fourth-order valence-corrected chi connectivity index (χ4v) is 1.57. The molecule has 0 saturated heterocycles. The Kier molecular flexibility index (Phi) is 2.90. The van der Waals surface area contributed by atoms with E-state index in [1.807, 2.05) is 24.6 Å². The highest BCUT2D eigenvalue weighted by molar-refractivity contribution is 5.54. The molecule has 3 nitrogen and oxygen atoms in total. The molecule has 0 radical (unpaired) electrons. The molecule has 1 aromatic heterocycles. The average molecular weight is 219 g/mol. The largest absolute Gasteiger partial charge is 0.323 e. The molecule has 0 amide bonds. The van der Waals surface area contributed by atoms with Crippen LogP contribution in [0.15, 0.2) is 30.5 Å². The van der Waals surface area contributed by atoms with Crippen LogP contribution in [-0.2, 0) is 6.54 Å². The Hall–Kier alpha value is -1.84. The van der Waals surface area contributed by atoms with Gasteiger partial charge in [-0.25, -0.2) is 9.37 Å². The van der Waals surface area contributed by atoms with Gasteiger partial charge in [-0.15, -0.1) is 0 Å². The van der Waals surface area contributed by atoms with Gasteiger partial charge in [0.25, 0.3) is 0 Å². The lowest BCUT2D eigenvalue weighted by atomic mass is 10.3. The summed E-state index contributed by atoms with van der Waals surface area (Å²) in [7, 11) is 0. The van der Waals surface area contributed by atoms with E-state index in [4.69, 9.17) is 0 Å². The van der Waals surface area contributed by atoms with Gasteiger partial charge in [-0.05, 0) is 26.0 Å². The summed E-state index contributed by atoms with van der Waals surface area (Å²) in [6.45, 7) is 4.74. The van der Waals surface area contributed by atoms with Crippen molar-refractivity contribution in [1.82, 2.24) is 9.55 Å². The van der Waals surface area contributed by atoms with Gasteiger partial charge in [-0.3, -0.25) is 0 Å². The van der Waals surface area contributed by atoms with Crippen molar-refractivity contribution in [3.8, 4) is 0 Å². The number of nitrogens with zero attached hydrogens (tertiary/aromatic N) is 2. The van der Waals surface area contributed by atoms with Gasteiger partial charge in [0.2, 0.25) is 5.95 Å². The first-order valence-corrected chi connectivity index (χ1v) is 5.26. The lowest BCUT2D eigenvalue weighted by Crippen LogP contribution is -2.02. The molecule has 0 aliphatic rings. The van der Waals surface area contributed by atoms with E-state index in [1.165, 1.54) is 6.07 Å². The lowest BCUT2D eigenvalue weighted by molar-refractivity contribution is 0.631. The number of benzene rings is 1. The maximum absolute atomic E-state index is 13.4. The topological polar surface area (TPSA) is 29.9 Å². The van der Waals surface area contributed by atoms with Gasteiger partial charge in [0.05, 0.1) is 11.4 Å².